The summed E-state index contributed by atoms with van der Waals surface area (Å²) in [5.41, 5.74) is 0. The minimum atomic E-state index is -1.79. The molecule has 0 aromatic rings. The largest absolute Gasteiger partial charge is 0.394 e. The van der Waals surface area contributed by atoms with Gasteiger partial charge >= 0.3 is 0 Å². The first-order chi connectivity index (χ1) is 34.1. The fraction of sp³-hybridized carbons (Fsp3) is 0.875. The summed E-state index contributed by atoms with van der Waals surface area (Å²) in [6.45, 7) is 2.78. The van der Waals surface area contributed by atoms with Crippen molar-refractivity contribution in [2.24, 2.45) is 0 Å². The zero-order valence-electron chi connectivity index (χ0n) is 43.8. The number of carbonyl (C=O) groups excluding carboxylic acids is 1. The zero-order chi connectivity index (χ0) is 51.0. The normalized spacial score (nSPS) is 26.2. The lowest BCUT2D eigenvalue weighted by atomic mass is 9.97. The molecule has 0 radical (unpaired) electrons. The van der Waals surface area contributed by atoms with Gasteiger partial charge in [-0.2, -0.15) is 0 Å². The van der Waals surface area contributed by atoms with Gasteiger partial charge in [-0.15, -0.1) is 0 Å². The van der Waals surface area contributed by atoms with Crippen molar-refractivity contribution in [1.82, 2.24) is 5.32 Å². The van der Waals surface area contributed by atoms with E-state index in [0.717, 1.165) is 38.5 Å². The van der Waals surface area contributed by atoms with Gasteiger partial charge in [-0.3, -0.25) is 4.79 Å². The highest BCUT2D eigenvalue weighted by atomic mass is 16.7. The number of hydrogen-bond donors (Lipinski definition) is 9. The third-order valence-corrected chi connectivity index (χ3v) is 13.8. The van der Waals surface area contributed by atoms with Gasteiger partial charge in [-0.05, 0) is 57.8 Å². The predicted molar refractivity (Wildman–Crippen MR) is 277 cm³/mol. The van der Waals surface area contributed by atoms with E-state index >= 15 is 0 Å². The standard InChI is InChI=1S/C56H103NO13/c1-3-5-7-9-11-13-15-17-19-21-22-24-25-27-29-31-33-35-37-39-45(60)44(57-48(61)40-38-36-34-32-30-28-26-23-20-18-16-14-12-10-8-6-4-2)43-67-55-53(66)51(64)54(47(42-59)69-55)70-56-52(65)50(63)49(62)46(41-58)68-56/h18,20,29,31,37,39,44-47,49-56,58-60,62-66H,3-17,19,21-28,30,32-36,38,40-43H2,1-2H3,(H,57,61)/b20-18-,31-29+,39-37+. The lowest BCUT2D eigenvalue weighted by molar-refractivity contribution is -0.359. The van der Waals surface area contributed by atoms with Gasteiger partial charge in [0.05, 0.1) is 32.0 Å². The molecule has 0 bridgehead atoms. The molecule has 0 spiro atoms. The number of aliphatic hydroxyl groups is 8. The molecule has 14 heteroatoms. The van der Waals surface area contributed by atoms with E-state index in [1.165, 1.54) is 148 Å². The van der Waals surface area contributed by atoms with Crippen molar-refractivity contribution >= 4 is 5.91 Å². The first-order valence-corrected chi connectivity index (χ1v) is 28.2. The van der Waals surface area contributed by atoms with Crippen LogP contribution in [0.25, 0.3) is 0 Å². The molecule has 2 fully saturated rings. The summed E-state index contributed by atoms with van der Waals surface area (Å²) in [6, 6.07) is -0.932. The molecule has 410 valence electrons. The molecule has 2 aliphatic heterocycles. The summed E-state index contributed by atoms with van der Waals surface area (Å²) >= 11 is 0. The van der Waals surface area contributed by atoms with Crippen LogP contribution in [0.15, 0.2) is 36.5 Å². The molecule has 0 aromatic carbocycles. The minimum absolute atomic E-state index is 0.253. The maximum atomic E-state index is 13.2. The van der Waals surface area contributed by atoms with Gasteiger partial charge in [0.15, 0.2) is 12.6 Å². The van der Waals surface area contributed by atoms with Crippen molar-refractivity contribution in [3.63, 3.8) is 0 Å². The van der Waals surface area contributed by atoms with E-state index in [0.29, 0.717) is 12.8 Å². The quantitative estimate of drug-likeness (QED) is 0.0206. The van der Waals surface area contributed by atoms with Crippen LogP contribution in [0, 0.1) is 0 Å². The third kappa shape index (κ3) is 28.6. The maximum Gasteiger partial charge on any atom is 0.220 e. The Morgan fingerprint density at radius 1 is 0.500 bits per heavy atom. The molecule has 12 atom stereocenters. The summed E-state index contributed by atoms with van der Waals surface area (Å²) in [5.74, 6) is -0.253. The molecule has 70 heavy (non-hydrogen) atoms. The van der Waals surface area contributed by atoms with Crippen LogP contribution < -0.4 is 5.32 Å². The fourth-order valence-corrected chi connectivity index (χ4v) is 9.18. The molecular weight excluding hydrogens is 895 g/mol. The van der Waals surface area contributed by atoms with Crippen molar-refractivity contribution in [2.75, 3.05) is 19.8 Å². The molecule has 14 nitrogen and oxygen atoms in total. The summed E-state index contributed by atoms with van der Waals surface area (Å²) in [6.07, 6.45) is 33.2. The Kier molecular flexibility index (Phi) is 39.1. The first-order valence-electron chi connectivity index (χ1n) is 28.2. The number of aliphatic hydroxyl groups excluding tert-OH is 8. The van der Waals surface area contributed by atoms with Gasteiger partial charge in [0.25, 0.3) is 0 Å². The molecule has 0 aromatic heterocycles. The Hall–Kier alpha value is -1.79. The Morgan fingerprint density at radius 2 is 0.914 bits per heavy atom. The molecular formula is C56H103NO13. The molecule has 12 unspecified atom stereocenters. The molecule has 2 heterocycles. The van der Waals surface area contributed by atoms with E-state index in [1.807, 2.05) is 6.08 Å². The second kappa shape index (κ2) is 42.6. The number of hydrogen-bond acceptors (Lipinski definition) is 13. The van der Waals surface area contributed by atoms with Crippen molar-refractivity contribution in [3.8, 4) is 0 Å². The number of unbranched alkanes of at least 4 members (excludes halogenated alkanes) is 27. The maximum absolute atomic E-state index is 13.2. The Bertz CT molecular complexity index is 1320. The molecule has 2 saturated heterocycles. The van der Waals surface area contributed by atoms with Crippen LogP contribution in [-0.2, 0) is 23.7 Å². The van der Waals surface area contributed by atoms with E-state index < -0.39 is 86.8 Å². The van der Waals surface area contributed by atoms with Gasteiger partial charge in [0, 0.05) is 6.42 Å². The van der Waals surface area contributed by atoms with Crippen LogP contribution in [0.2, 0.25) is 0 Å². The Morgan fingerprint density at radius 3 is 1.40 bits per heavy atom. The van der Waals surface area contributed by atoms with Crippen LogP contribution in [0.1, 0.15) is 219 Å². The van der Waals surface area contributed by atoms with Crippen LogP contribution in [-0.4, -0.2) is 140 Å². The second-order valence-electron chi connectivity index (χ2n) is 20.1. The van der Waals surface area contributed by atoms with Crippen LogP contribution >= 0.6 is 0 Å². The van der Waals surface area contributed by atoms with Gasteiger partial charge in [0.2, 0.25) is 5.91 Å². The van der Waals surface area contributed by atoms with Gasteiger partial charge in [0.1, 0.15) is 48.8 Å². The van der Waals surface area contributed by atoms with Gasteiger partial charge < -0.3 is 65.1 Å². The zero-order valence-corrected chi connectivity index (χ0v) is 43.8. The van der Waals surface area contributed by atoms with Gasteiger partial charge in [-0.1, -0.05) is 192 Å². The number of ether oxygens (including phenoxy) is 4. The lowest BCUT2D eigenvalue weighted by Gasteiger charge is -2.46. The highest BCUT2D eigenvalue weighted by Crippen LogP contribution is 2.30. The first kappa shape index (κ1) is 64.3. The van der Waals surface area contributed by atoms with Crippen molar-refractivity contribution < 1.29 is 64.6 Å². The van der Waals surface area contributed by atoms with E-state index in [4.69, 9.17) is 18.9 Å². The molecule has 0 aliphatic carbocycles. The average Bonchev–Trinajstić information content (AvgIpc) is 3.36. The molecule has 0 saturated carbocycles. The van der Waals surface area contributed by atoms with E-state index in [-0.39, 0.29) is 18.9 Å². The van der Waals surface area contributed by atoms with Crippen molar-refractivity contribution in [2.45, 2.75) is 293 Å². The van der Waals surface area contributed by atoms with E-state index in [9.17, 15) is 45.6 Å². The molecule has 1 amide bonds. The number of allylic oxidation sites excluding steroid dienone is 5. The molecule has 9 N–H and O–H groups in total. The molecule has 2 aliphatic rings. The van der Waals surface area contributed by atoms with Gasteiger partial charge in [-0.25, -0.2) is 0 Å². The van der Waals surface area contributed by atoms with Crippen LogP contribution in [0.3, 0.4) is 0 Å². The monoisotopic (exact) mass is 998 g/mol. The Labute approximate surface area is 423 Å². The second-order valence-corrected chi connectivity index (χ2v) is 20.1. The smallest absolute Gasteiger partial charge is 0.220 e. The summed E-state index contributed by atoms with van der Waals surface area (Å²) < 4.78 is 22.7. The lowest BCUT2D eigenvalue weighted by Crippen LogP contribution is -2.65. The summed E-state index contributed by atoms with van der Waals surface area (Å²) in [5, 5.41) is 86.9. The minimum Gasteiger partial charge on any atom is -0.394 e. The summed E-state index contributed by atoms with van der Waals surface area (Å²) in [4.78, 5) is 13.2. The van der Waals surface area contributed by atoms with Crippen molar-refractivity contribution in [3.05, 3.63) is 36.5 Å². The van der Waals surface area contributed by atoms with E-state index in [1.54, 1.807) is 6.08 Å². The number of amides is 1. The average molecular weight is 998 g/mol. The number of rotatable bonds is 44. The highest BCUT2D eigenvalue weighted by molar-refractivity contribution is 5.76. The number of carbonyl (C=O) groups is 1. The SMILES string of the molecule is CCCCCCCC/C=C\CCCCCCCCCC(=O)NC(COC1OC(CO)C(OC2OC(CO)C(O)C(O)C2O)C(O)C1O)C(O)/C=C/CC/C=C/CCCCCCCCCCCCCCC. The third-order valence-electron chi connectivity index (χ3n) is 13.8. The predicted octanol–water partition coefficient (Wildman–Crippen LogP) is 8.66. The topological polar surface area (TPSA) is 228 Å². The van der Waals surface area contributed by atoms with Crippen LogP contribution in [0.5, 0.6) is 0 Å². The number of nitrogens with one attached hydrogen (secondary N) is 1. The molecule has 2 rings (SSSR count). The fourth-order valence-electron chi connectivity index (χ4n) is 9.18. The Balaban J connectivity index is 1.82. The van der Waals surface area contributed by atoms with Crippen LogP contribution in [0.4, 0.5) is 0 Å². The highest BCUT2D eigenvalue weighted by Gasteiger charge is 2.51. The van der Waals surface area contributed by atoms with E-state index in [2.05, 4.69) is 43.5 Å². The van der Waals surface area contributed by atoms with Crippen molar-refractivity contribution in [1.29, 1.82) is 0 Å². The summed E-state index contributed by atoms with van der Waals surface area (Å²) in [7, 11) is 0.